The van der Waals surface area contributed by atoms with Crippen molar-refractivity contribution >= 4 is 5.82 Å². The van der Waals surface area contributed by atoms with Crippen molar-refractivity contribution in [3.63, 3.8) is 0 Å². The number of aromatic nitrogens is 1. The first-order valence-electron chi connectivity index (χ1n) is 5.78. The molecule has 0 bridgehead atoms. The molecule has 0 amide bonds. The molecule has 1 heterocycles. The van der Waals surface area contributed by atoms with Crippen LogP contribution in [0.15, 0.2) is 42.6 Å². The molecule has 2 rings (SSSR count). The Kier molecular flexibility index (Phi) is 4.02. The number of nitrogens with two attached hydrogens (primary N) is 1. The molecular formula is C14H16N2O2. The molecule has 0 aliphatic heterocycles. The van der Waals surface area contributed by atoms with Crippen LogP contribution >= 0.6 is 0 Å². The highest BCUT2D eigenvalue weighted by Gasteiger charge is 2.00. The van der Waals surface area contributed by atoms with Crippen LogP contribution in [0, 0.1) is 6.92 Å². The molecule has 0 aliphatic carbocycles. The molecule has 94 valence electrons. The Balaban J connectivity index is 1.78. The van der Waals surface area contributed by atoms with Gasteiger partial charge in [0.1, 0.15) is 19.0 Å². The number of nitrogens with zero attached hydrogens (tertiary/aromatic N) is 1. The molecule has 0 radical (unpaired) electrons. The first kappa shape index (κ1) is 12.2. The molecule has 18 heavy (non-hydrogen) atoms. The lowest BCUT2D eigenvalue weighted by Crippen LogP contribution is -2.10. The summed E-state index contributed by atoms with van der Waals surface area (Å²) in [5.74, 6) is 1.83. The predicted octanol–water partition coefficient (Wildman–Crippen LogP) is 2.43. The normalized spacial score (nSPS) is 10.1. The van der Waals surface area contributed by atoms with Crippen LogP contribution in [0.4, 0.5) is 5.82 Å². The van der Waals surface area contributed by atoms with E-state index in [1.54, 1.807) is 18.3 Å². The largest absolute Gasteiger partial charge is 0.490 e. The van der Waals surface area contributed by atoms with E-state index in [0.29, 0.717) is 24.8 Å². The van der Waals surface area contributed by atoms with Gasteiger partial charge in [-0.15, -0.1) is 0 Å². The van der Waals surface area contributed by atoms with Gasteiger partial charge in [-0.05, 0) is 36.8 Å². The molecule has 0 fully saturated rings. The minimum absolute atomic E-state index is 0.396. The summed E-state index contributed by atoms with van der Waals surface area (Å²) in [5.41, 5.74) is 6.83. The fourth-order valence-electron chi connectivity index (χ4n) is 1.54. The highest BCUT2D eigenvalue weighted by Crippen LogP contribution is 2.17. The number of rotatable bonds is 5. The van der Waals surface area contributed by atoms with Gasteiger partial charge >= 0.3 is 0 Å². The maximum absolute atomic E-state index is 5.66. The molecule has 2 N–H and O–H groups in total. The van der Waals surface area contributed by atoms with E-state index in [4.69, 9.17) is 15.2 Å². The van der Waals surface area contributed by atoms with Crippen molar-refractivity contribution in [2.75, 3.05) is 18.9 Å². The van der Waals surface area contributed by atoms with Crippen LogP contribution < -0.4 is 15.2 Å². The number of benzene rings is 1. The first-order valence-corrected chi connectivity index (χ1v) is 5.78. The zero-order chi connectivity index (χ0) is 12.8. The number of aryl methyl sites for hydroxylation is 1. The predicted molar refractivity (Wildman–Crippen MR) is 70.8 cm³/mol. The Morgan fingerprint density at radius 3 is 2.72 bits per heavy atom. The van der Waals surface area contributed by atoms with Gasteiger partial charge < -0.3 is 15.2 Å². The molecule has 1 aromatic heterocycles. The quantitative estimate of drug-likeness (QED) is 0.821. The molecular weight excluding hydrogens is 228 g/mol. The second-order valence-corrected chi connectivity index (χ2v) is 3.90. The van der Waals surface area contributed by atoms with E-state index in [-0.39, 0.29) is 0 Å². The van der Waals surface area contributed by atoms with Crippen molar-refractivity contribution in [2.45, 2.75) is 6.92 Å². The first-order chi connectivity index (χ1) is 8.75. The fraction of sp³-hybridized carbons (Fsp3) is 0.214. The summed E-state index contributed by atoms with van der Waals surface area (Å²) >= 11 is 0. The standard InChI is InChI=1S/C14H16N2O2/c1-11-4-2-5-12(10-11)17-8-9-18-13-6-3-7-16-14(13)15/h2-7,10H,8-9H2,1H3,(H2,15,16). The van der Waals surface area contributed by atoms with Crippen molar-refractivity contribution < 1.29 is 9.47 Å². The van der Waals surface area contributed by atoms with Gasteiger partial charge in [0.15, 0.2) is 11.6 Å². The fourth-order valence-corrected chi connectivity index (χ4v) is 1.54. The van der Waals surface area contributed by atoms with Gasteiger partial charge in [0.2, 0.25) is 0 Å². The van der Waals surface area contributed by atoms with Crippen LogP contribution in [0.25, 0.3) is 0 Å². The Morgan fingerprint density at radius 2 is 1.94 bits per heavy atom. The Labute approximate surface area is 106 Å². The Hall–Kier alpha value is -2.23. The molecule has 0 aliphatic rings. The van der Waals surface area contributed by atoms with Gasteiger partial charge in [-0.1, -0.05) is 12.1 Å². The van der Waals surface area contributed by atoms with Gasteiger partial charge in [-0.2, -0.15) is 0 Å². The second-order valence-electron chi connectivity index (χ2n) is 3.90. The highest BCUT2D eigenvalue weighted by atomic mass is 16.5. The third-order valence-electron chi connectivity index (χ3n) is 2.40. The van der Waals surface area contributed by atoms with Crippen molar-refractivity contribution in [1.29, 1.82) is 0 Å². The topological polar surface area (TPSA) is 57.4 Å². The van der Waals surface area contributed by atoms with E-state index in [1.807, 2.05) is 31.2 Å². The van der Waals surface area contributed by atoms with E-state index in [2.05, 4.69) is 4.98 Å². The highest BCUT2D eigenvalue weighted by molar-refractivity contribution is 5.44. The van der Waals surface area contributed by atoms with E-state index in [9.17, 15) is 0 Å². The zero-order valence-corrected chi connectivity index (χ0v) is 10.3. The summed E-state index contributed by atoms with van der Waals surface area (Å²) in [4.78, 5) is 3.94. The number of nitrogen functional groups attached to an aromatic ring is 1. The summed E-state index contributed by atoms with van der Waals surface area (Å²) < 4.78 is 11.0. The van der Waals surface area contributed by atoms with Crippen molar-refractivity contribution in [1.82, 2.24) is 4.98 Å². The van der Waals surface area contributed by atoms with Crippen molar-refractivity contribution in [2.24, 2.45) is 0 Å². The van der Waals surface area contributed by atoms with E-state index in [1.165, 1.54) is 5.56 Å². The SMILES string of the molecule is Cc1cccc(OCCOc2cccnc2N)c1. The van der Waals surface area contributed by atoms with Gasteiger partial charge in [0.05, 0.1) is 0 Å². The van der Waals surface area contributed by atoms with Crippen LogP contribution in [-0.2, 0) is 0 Å². The number of pyridine rings is 1. The molecule has 2 aromatic rings. The smallest absolute Gasteiger partial charge is 0.166 e. The van der Waals surface area contributed by atoms with Crippen LogP contribution in [0.1, 0.15) is 5.56 Å². The van der Waals surface area contributed by atoms with Gasteiger partial charge in [0.25, 0.3) is 0 Å². The molecule has 4 heteroatoms. The minimum Gasteiger partial charge on any atom is -0.490 e. The summed E-state index contributed by atoms with van der Waals surface area (Å²) in [6, 6.07) is 11.5. The van der Waals surface area contributed by atoms with Gasteiger partial charge in [-0.3, -0.25) is 0 Å². The van der Waals surface area contributed by atoms with E-state index < -0.39 is 0 Å². The van der Waals surface area contributed by atoms with Crippen LogP contribution in [0.5, 0.6) is 11.5 Å². The number of anilines is 1. The molecule has 4 nitrogen and oxygen atoms in total. The average molecular weight is 244 g/mol. The zero-order valence-electron chi connectivity index (χ0n) is 10.3. The minimum atomic E-state index is 0.396. The monoisotopic (exact) mass is 244 g/mol. The lowest BCUT2D eigenvalue weighted by atomic mass is 10.2. The Morgan fingerprint density at radius 1 is 1.11 bits per heavy atom. The van der Waals surface area contributed by atoms with Gasteiger partial charge in [0, 0.05) is 6.20 Å². The summed E-state index contributed by atoms with van der Waals surface area (Å²) in [6.45, 7) is 2.93. The Bertz CT molecular complexity index is 515. The third kappa shape index (κ3) is 3.38. The maximum atomic E-state index is 5.66. The lowest BCUT2D eigenvalue weighted by molar-refractivity contribution is 0.217. The molecule has 0 saturated heterocycles. The van der Waals surface area contributed by atoms with Gasteiger partial charge in [-0.25, -0.2) is 4.98 Å². The van der Waals surface area contributed by atoms with E-state index >= 15 is 0 Å². The summed E-state index contributed by atoms with van der Waals surface area (Å²) in [5, 5.41) is 0. The van der Waals surface area contributed by atoms with Crippen molar-refractivity contribution in [3.05, 3.63) is 48.2 Å². The average Bonchev–Trinajstić information content (AvgIpc) is 2.37. The summed E-state index contributed by atoms with van der Waals surface area (Å²) in [6.07, 6.45) is 1.63. The molecule has 0 saturated carbocycles. The number of ether oxygens (including phenoxy) is 2. The van der Waals surface area contributed by atoms with Crippen LogP contribution in [-0.4, -0.2) is 18.2 Å². The second kappa shape index (κ2) is 5.91. The number of hydrogen-bond donors (Lipinski definition) is 1. The van der Waals surface area contributed by atoms with Crippen LogP contribution in [0.2, 0.25) is 0 Å². The third-order valence-corrected chi connectivity index (χ3v) is 2.40. The molecule has 0 unspecified atom stereocenters. The lowest BCUT2D eigenvalue weighted by Gasteiger charge is -2.09. The maximum Gasteiger partial charge on any atom is 0.166 e. The van der Waals surface area contributed by atoms with E-state index in [0.717, 1.165) is 5.75 Å². The molecule has 1 aromatic carbocycles. The molecule has 0 atom stereocenters. The van der Waals surface area contributed by atoms with Crippen molar-refractivity contribution in [3.8, 4) is 11.5 Å². The molecule has 0 spiro atoms. The summed E-state index contributed by atoms with van der Waals surface area (Å²) in [7, 11) is 0. The van der Waals surface area contributed by atoms with Crippen LogP contribution in [0.3, 0.4) is 0 Å². The number of hydrogen-bond acceptors (Lipinski definition) is 4.